The van der Waals surface area contributed by atoms with Gasteiger partial charge in [-0.3, -0.25) is 4.79 Å². The molecule has 1 aromatic rings. The highest BCUT2D eigenvalue weighted by Gasteiger charge is 2.42. The summed E-state index contributed by atoms with van der Waals surface area (Å²) in [5.41, 5.74) is -0.131. The summed E-state index contributed by atoms with van der Waals surface area (Å²) < 4.78 is 6.60. The molecule has 5 heteroatoms. The van der Waals surface area contributed by atoms with Crippen LogP contribution < -0.4 is 10.1 Å². The van der Waals surface area contributed by atoms with E-state index in [0.717, 1.165) is 4.47 Å². The number of carbonyl (C=O) groups is 1. The number of amides is 1. The van der Waals surface area contributed by atoms with E-state index in [1.165, 1.54) is 0 Å². The molecular weight excluding hydrogens is 305 g/mol. The molecule has 1 amide bonds. The van der Waals surface area contributed by atoms with Crippen LogP contribution in [0, 0.1) is 0 Å². The summed E-state index contributed by atoms with van der Waals surface area (Å²) in [6, 6.07) is 3.45. The largest absolute Gasteiger partial charge is 0.475 e. The zero-order valence-electron chi connectivity index (χ0n) is 9.64. The third-order valence-electron chi connectivity index (χ3n) is 3.12. The Morgan fingerprint density at radius 2 is 2.06 bits per heavy atom. The molecule has 2 rings (SSSR count). The smallest absolute Gasteiger partial charge is 0.268 e. The van der Waals surface area contributed by atoms with E-state index in [9.17, 15) is 4.79 Å². The number of hydrogen-bond donors (Lipinski definition) is 1. The van der Waals surface area contributed by atoms with Crippen molar-refractivity contribution in [2.24, 2.45) is 0 Å². The maximum absolute atomic E-state index is 12.1. The number of carbonyl (C=O) groups excluding carboxylic acids is 1. The van der Waals surface area contributed by atoms with Crippen LogP contribution in [-0.4, -0.2) is 11.5 Å². The Morgan fingerprint density at radius 1 is 1.41 bits per heavy atom. The molecule has 1 heterocycles. The molecule has 0 bridgehead atoms. The summed E-state index contributed by atoms with van der Waals surface area (Å²) in [6.45, 7) is 3.88. The van der Waals surface area contributed by atoms with Gasteiger partial charge >= 0.3 is 0 Å². The zero-order chi connectivity index (χ0) is 12.6. The number of nitrogens with one attached hydrogen (secondary N) is 1. The first kappa shape index (κ1) is 12.7. The lowest BCUT2D eigenvalue weighted by Gasteiger charge is -2.36. The van der Waals surface area contributed by atoms with Gasteiger partial charge in [0.25, 0.3) is 5.91 Å². The lowest BCUT2D eigenvalue weighted by Crippen LogP contribution is -2.50. The maximum Gasteiger partial charge on any atom is 0.268 e. The van der Waals surface area contributed by atoms with E-state index >= 15 is 0 Å². The second-order valence-electron chi connectivity index (χ2n) is 4.02. The van der Waals surface area contributed by atoms with Gasteiger partial charge in [-0.15, -0.1) is 0 Å². The number of ether oxygens (including phenoxy) is 1. The van der Waals surface area contributed by atoms with Crippen LogP contribution in [-0.2, 0) is 4.79 Å². The normalized spacial score (nSPS) is 17.1. The van der Waals surface area contributed by atoms with Crippen molar-refractivity contribution in [3.63, 3.8) is 0 Å². The van der Waals surface area contributed by atoms with Gasteiger partial charge in [0, 0.05) is 15.6 Å². The third kappa shape index (κ3) is 2.04. The van der Waals surface area contributed by atoms with Gasteiger partial charge in [-0.2, -0.15) is 0 Å². The molecule has 1 aromatic carbocycles. The summed E-state index contributed by atoms with van der Waals surface area (Å²) in [5.74, 6) is 0.519. The van der Waals surface area contributed by atoms with E-state index in [0.29, 0.717) is 29.3 Å². The summed E-state index contributed by atoms with van der Waals surface area (Å²) in [6.07, 6.45) is 1.25. The van der Waals surface area contributed by atoms with Crippen molar-refractivity contribution >= 4 is 39.1 Å². The van der Waals surface area contributed by atoms with Crippen LogP contribution >= 0.6 is 27.5 Å². The van der Waals surface area contributed by atoms with E-state index in [4.69, 9.17) is 16.3 Å². The van der Waals surface area contributed by atoms with E-state index in [-0.39, 0.29) is 5.91 Å². The van der Waals surface area contributed by atoms with E-state index < -0.39 is 5.60 Å². The van der Waals surface area contributed by atoms with Crippen LogP contribution in [0.15, 0.2) is 16.6 Å². The Kier molecular flexibility index (Phi) is 3.36. The van der Waals surface area contributed by atoms with Crippen molar-refractivity contribution < 1.29 is 9.53 Å². The van der Waals surface area contributed by atoms with Gasteiger partial charge in [0.05, 0.1) is 5.69 Å². The molecule has 0 spiro atoms. The van der Waals surface area contributed by atoms with Gasteiger partial charge in [-0.05, 0) is 34.8 Å². The van der Waals surface area contributed by atoms with Crippen LogP contribution in [0.5, 0.6) is 5.75 Å². The minimum absolute atomic E-state index is 0.0991. The number of rotatable bonds is 2. The molecule has 1 aliphatic rings. The first-order valence-electron chi connectivity index (χ1n) is 5.52. The summed E-state index contributed by atoms with van der Waals surface area (Å²) in [5, 5.41) is 3.46. The molecular formula is C12H13BrClNO2. The standard InChI is InChI=1S/C12H13BrClNO2/c1-3-12(4-2)11(16)15-10-8(13)5-7(14)6-9(10)17-12/h5-6H,3-4H2,1-2H3,(H,15,16). The third-order valence-corrected chi connectivity index (χ3v) is 3.96. The Labute approximate surface area is 114 Å². The molecule has 3 nitrogen and oxygen atoms in total. The summed E-state index contributed by atoms with van der Waals surface area (Å²) in [7, 11) is 0. The number of benzene rings is 1. The van der Waals surface area contributed by atoms with Gasteiger partial charge < -0.3 is 10.1 Å². The van der Waals surface area contributed by atoms with Crippen LogP contribution in [0.25, 0.3) is 0 Å². The molecule has 0 aromatic heterocycles. The van der Waals surface area contributed by atoms with E-state index in [1.54, 1.807) is 12.1 Å². The lowest BCUT2D eigenvalue weighted by atomic mass is 9.94. The Morgan fingerprint density at radius 3 is 2.65 bits per heavy atom. The minimum atomic E-state index is -0.781. The SMILES string of the molecule is CCC1(CC)Oc2cc(Cl)cc(Br)c2NC1=O. The lowest BCUT2D eigenvalue weighted by molar-refractivity contribution is -0.133. The first-order valence-corrected chi connectivity index (χ1v) is 6.69. The van der Waals surface area contributed by atoms with E-state index in [1.807, 2.05) is 13.8 Å². The molecule has 0 aliphatic carbocycles. The average Bonchev–Trinajstić information content (AvgIpc) is 2.29. The first-order chi connectivity index (χ1) is 8.02. The molecule has 1 N–H and O–H groups in total. The quantitative estimate of drug-likeness (QED) is 0.895. The van der Waals surface area contributed by atoms with Gasteiger partial charge in [0.1, 0.15) is 5.75 Å². The zero-order valence-corrected chi connectivity index (χ0v) is 12.0. The molecule has 0 unspecified atom stereocenters. The summed E-state index contributed by atoms with van der Waals surface area (Å²) >= 11 is 9.34. The predicted molar refractivity (Wildman–Crippen MR) is 71.7 cm³/mol. The van der Waals surface area contributed by atoms with Crippen molar-refractivity contribution in [3.8, 4) is 5.75 Å². The minimum Gasteiger partial charge on any atom is -0.475 e. The molecule has 92 valence electrons. The van der Waals surface area contributed by atoms with Crippen molar-refractivity contribution in [3.05, 3.63) is 21.6 Å². The van der Waals surface area contributed by atoms with Crippen molar-refractivity contribution in [2.45, 2.75) is 32.3 Å². The van der Waals surface area contributed by atoms with Gasteiger partial charge in [0.2, 0.25) is 0 Å². The van der Waals surface area contributed by atoms with Gasteiger partial charge in [-0.1, -0.05) is 25.4 Å². The highest BCUT2D eigenvalue weighted by Crippen LogP contribution is 2.42. The van der Waals surface area contributed by atoms with Crippen molar-refractivity contribution in [1.29, 1.82) is 0 Å². The van der Waals surface area contributed by atoms with E-state index in [2.05, 4.69) is 21.2 Å². The summed E-state index contributed by atoms with van der Waals surface area (Å²) in [4.78, 5) is 12.1. The molecule has 0 atom stereocenters. The topological polar surface area (TPSA) is 38.3 Å². The molecule has 0 fully saturated rings. The average molecular weight is 319 g/mol. The monoisotopic (exact) mass is 317 g/mol. The highest BCUT2D eigenvalue weighted by molar-refractivity contribution is 9.10. The Bertz CT molecular complexity index is 472. The molecule has 17 heavy (non-hydrogen) atoms. The van der Waals surface area contributed by atoms with Crippen LogP contribution in [0.1, 0.15) is 26.7 Å². The van der Waals surface area contributed by atoms with Crippen LogP contribution in [0.4, 0.5) is 5.69 Å². The number of fused-ring (bicyclic) bond motifs is 1. The fourth-order valence-corrected chi connectivity index (χ4v) is 2.83. The fourth-order valence-electron chi connectivity index (χ4n) is 1.95. The second-order valence-corrected chi connectivity index (χ2v) is 5.31. The number of halogens is 2. The molecule has 0 saturated heterocycles. The Balaban J connectivity index is 2.51. The fraction of sp³-hybridized carbons (Fsp3) is 0.417. The predicted octanol–water partition coefficient (Wildman–Crippen LogP) is 3.99. The van der Waals surface area contributed by atoms with Gasteiger partial charge in [0.15, 0.2) is 5.60 Å². The van der Waals surface area contributed by atoms with Crippen molar-refractivity contribution in [1.82, 2.24) is 0 Å². The second kappa shape index (κ2) is 4.50. The molecule has 0 saturated carbocycles. The highest BCUT2D eigenvalue weighted by atomic mass is 79.9. The van der Waals surface area contributed by atoms with Gasteiger partial charge in [-0.25, -0.2) is 0 Å². The van der Waals surface area contributed by atoms with Crippen molar-refractivity contribution in [2.75, 3.05) is 5.32 Å². The molecule has 0 radical (unpaired) electrons. The van der Waals surface area contributed by atoms with Crippen LogP contribution in [0.3, 0.4) is 0 Å². The van der Waals surface area contributed by atoms with Crippen LogP contribution in [0.2, 0.25) is 5.02 Å². The molecule has 1 aliphatic heterocycles. The maximum atomic E-state index is 12.1. The number of hydrogen-bond acceptors (Lipinski definition) is 2. The number of anilines is 1. The Hall–Kier alpha value is -0.740.